The first-order valence-corrected chi connectivity index (χ1v) is 9.03. The number of sulfonamides is 1. The van der Waals surface area contributed by atoms with Crippen molar-refractivity contribution in [2.45, 2.75) is 13.8 Å². The summed E-state index contributed by atoms with van der Waals surface area (Å²) in [5.74, 6) is 1.32. The highest BCUT2D eigenvalue weighted by Gasteiger charge is 2.11. The van der Waals surface area contributed by atoms with Gasteiger partial charge < -0.3 is 14.4 Å². The van der Waals surface area contributed by atoms with E-state index in [1.165, 1.54) is 6.92 Å². The summed E-state index contributed by atoms with van der Waals surface area (Å²) in [7, 11) is -1.65. The number of nitrogens with zero attached hydrogens (tertiary/aromatic N) is 1. The molecular formula is C15H24N2O5S. The summed E-state index contributed by atoms with van der Waals surface area (Å²) >= 11 is 0. The van der Waals surface area contributed by atoms with E-state index in [0.717, 1.165) is 5.75 Å². The predicted molar refractivity (Wildman–Crippen MR) is 88.2 cm³/mol. The van der Waals surface area contributed by atoms with Crippen molar-refractivity contribution in [1.82, 2.24) is 9.62 Å². The maximum Gasteiger partial charge on any atom is 0.219 e. The fourth-order valence-corrected chi connectivity index (χ4v) is 2.42. The van der Waals surface area contributed by atoms with Crippen LogP contribution in [0.1, 0.15) is 13.8 Å². The lowest BCUT2D eigenvalue weighted by molar-refractivity contribution is -0.129. The minimum Gasteiger partial charge on any atom is -0.497 e. The fourth-order valence-electron chi connectivity index (χ4n) is 1.81. The maximum absolute atomic E-state index is 11.6. The summed E-state index contributed by atoms with van der Waals surface area (Å²) in [4.78, 5) is 13.1. The molecular weight excluding hydrogens is 320 g/mol. The van der Waals surface area contributed by atoms with Gasteiger partial charge in [-0.1, -0.05) is 0 Å². The molecule has 0 spiro atoms. The van der Waals surface area contributed by atoms with Crippen LogP contribution < -0.4 is 14.2 Å². The van der Waals surface area contributed by atoms with E-state index in [1.54, 1.807) is 43.2 Å². The number of hydrogen-bond donors (Lipinski definition) is 1. The van der Waals surface area contributed by atoms with Gasteiger partial charge in [-0.3, -0.25) is 4.79 Å². The van der Waals surface area contributed by atoms with E-state index < -0.39 is 10.0 Å². The van der Waals surface area contributed by atoms with Crippen molar-refractivity contribution >= 4 is 15.9 Å². The van der Waals surface area contributed by atoms with Crippen molar-refractivity contribution in [3.8, 4) is 11.5 Å². The molecule has 1 aromatic rings. The second-order valence-electron chi connectivity index (χ2n) is 4.83. The van der Waals surface area contributed by atoms with Crippen LogP contribution in [0.4, 0.5) is 0 Å². The van der Waals surface area contributed by atoms with Crippen molar-refractivity contribution in [3.63, 3.8) is 0 Å². The molecule has 0 radical (unpaired) electrons. The number of carbonyl (C=O) groups is 1. The molecule has 0 aliphatic heterocycles. The summed E-state index contributed by atoms with van der Waals surface area (Å²) in [6.07, 6.45) is 0. The normalized spacial score (nSPS) is 11.1. The minimum absolute atomic E-state index is 0.0215. The number of rotatable bonds is 10. The molecule has 0 heterocycles. The van der Waals surface area contributed by atoms with Gasteiger partial charge in [-0.15, -0.1) is 0 Å². The van der Waals surface area contributed by atoms with Gasteiger partial charge in [0.25, 0.3) is 0 Å². The van der Waals surface area contributed by atoms with Crippen LogP contribution >= 0.6 is 0 Å². The molecule has 1 N–H and O–H groups in total. The van der Waals surface area contributed by atoms with Gasteiger partial charge in [0.1, 0.15) is 18.1 Å². The van der Waals surface area contributed by atoms with Crippen LogP contribution in [0.2, 0.25) is 0 Å². The van der Waals surface area contributed by atoms with Gasteiger partial charge in [-0.2, -0.15) is 0 Å². The fraction of sp³-hybridized carbons (Fsp3) is 0.533. The predicted octanol–water partition coefficient (Wildman–Crippen LogP) is 0.862. The average molecular weight is 344 g/mol. The SMILES string of the molecule is CCS(=O)(=O)NCCN(CCOc1ccc(OC)cc1)C(C)=O. The lowest BCUT2D eigenvalue weighted by Crippen LogP contribution is -2.39. The van der Waals surface area contributed by atoms with Crippen LogP contribution in [-0.2, 0) is 14.8 Å². The summed E-state index contributed by atoms with van der Waals surface area (Å²) in [5.41, 5.74) is 0. The smallest absolute Gasteiger partial charge is 0.219 e. The van der Waals surface area contributed by atoms with Crippen LogP contribution in [0.5, 0.6) is 11.5 Å². The van der Waals surface area contributed by atoms with Crippen molar-refractivity contribution in [1.29, 1.82) is 0 Å². The molecule has 0 aliphatic rings. The Morgan fingerprint density at radius 2 is 1.78 bits per heavy atom. The van der Waals surface area contributed by atoms with Gasteiger partial charge in [-0.05, 0) is 31.2 Å². The molecule has 8 heteroatoms. The number of hydrogen-bond acceptors (Lipinski definition) is 5. The molecule has 0 saturated heterocycles. The first kappa shape index (κ1) is 19.2. The number of amides is 1. The topological polar surface area (TPSA) is 84.9 Å². The lowest BCUT2D eigenvalue weighted by Gasteiger charge is -2.21. The van der Waals surface area contributed by atoms with Crippen LogP contribution in [-0.4, -0.2) is 58.3 Å². The number of methoxy groups -OCH3 is 1. The Morgan fingerprint density at radius 3 is 2.30 bits per heavy atom. The van der Waals surface area contributed by atoms with Crippen molar-refractivity contribution in [3.05, 3.63) is 24.3 Å². The van der Waals surface area contributed by atoms with Gasteiger partial charge >= 0.3 is 0 Å². The largest absolute Gasteiger partial charge is 0.497 e. The highest BCUT2D eigenvalue weighted by atomic mass is 32.2. The lowest BCUT2D eigenvalue weighted by atomic mass is 10.3. The van der Waals surface area contributed by atoms with Crippen LogP contribution in [0.25, 0.3) is 0 Å². The number of ether oxygens (including phenoxy) is 2. The van der Waals surface area contributed by atoms with E-state index in [2.05, 4.69) is 4.72 Å². The van der Waals surface area contributed by atoms with Gasteiger partial charge in [0.15, 0.2) is 0 Å². The Kier molecular flexibility index (Phi) is 7.84. The zero-order valence-electron chi connectivity index (χ0n) is 13.7. The van der Waals surface area contributed by atoms with E-state index in [0.29, 0.717) is 25.4 Å². The van der Waals surface area contributed by atoms with E-state index in [-0.39, 0.29) is 18.2 Å². The molecule has 7 nitrogen and oxygen atoms in total. The number of benzene rings is 1. The Labute approximate surface area is 137 Å². The maximum atomic E-state index is 11.6. The van der Waals surface area contributed by atoms with Crippen molar-refractivity contribution in [2.75, 3.05) is 39.1 Å². The van der Waals surface area contributed by atoms with Gasteiger partial charge in [0.05, 0.1) is 19.4 Å². The minimum atomic E-state index is -3.24. The zero-order valence-corrected chi connectivity index (χ0v) is 14.6. The Balaban J connectivity index is 2.39. The highest BCUT2D eigenvalue weighted by Crippen LogP contribution is 2.16. The third kappa shape index (κ3) is 7.34. The van der Waals surface area contributed by atoms with Crippen LogP contribution in [0.3, 0.4) is 0 Å². The van der Waals surface area contributed by atoms with Crippen molar-refractivity contribution < 1.29 is 22.7 Å². The molecule has 0 atom stereocenters. The molecule has 130 valence electrons. The third-order valence-electron chi connectivity index (χ3n) is 3.22. The average Bonchev–Trinajstić information content (AvgIpc) is 2.53. The summed E-state index contributed by atoms with van der Waals surface area (Å²) in [5, 5.41) is 0. The Morgan fingerprint density at radius 1 is 1.17 bits per heavy atom. The first-order valence-electron chi connectivity index (χ1n) is 7.37. The molecule has 1 amide bonds. The number of nitrogens with one attached hydrogen (secondary N) is 1. The third-order valence-corrected chi connectivity index (χ3v) is 4.62. The highest BCUT2D eigenvalue weighted by molar-refractivity contribution is 7.89. The second-order valence-corrected chi connectivity index (χ2v) is 6.92. The molecule has 0 aromatic heterocycles. The molecule has 0 fully saturated rings. The van der Waals surface area contributed by atoms with Crippen molar-refractivity contribution in [2.24, 2.45) is 0 Å². The molecule has 1 aromatic carbocycles. The monoisotopic (exact) mass is 344 g/mol. The Hall–Kier alpha value is -1.80. The molecule has 0 bridgehead atoms. The zero-order chi connectivity index (χ0) is 17.3. The molecule has 0 saturated carbocycles. The quantitative estimate of drug-likeness (QED) is 0.680. The van der Waals surface area contributed by atoms with E-state index in [4.69, 9.17) is 9.47 Å². The van der Waals surface area contributed by atoms with Crippen LogP contribution in [0, 0.1) is 0 Å². The van der Waals surface area contributed by atoms with E-state index >= 15 is 0 Å². The molecule has 1 rings (SSSR count). The van der Waals surface area contributed by atoms with Crippen LogP contribution in [0.15, 0.2) is 24.3 Å². The summed E-state index contributed by atoms with van der Waals surface area (Å²) < 4.78 is 35.8. The first-order chi connectivity index (χ1) is 10.9. The summed E-state index contributed by atoms with van der Waals surface area (Å²) in [6.45, 7) is 4.22. The van der Waals surface area contributed by atoms with E-state index in [9.17, 15) is 13.2 Å². The Bertz CT molecular complexity index is 586. The summed E-state index contributed by atoms with van der Waals surface area (Å²) in [6, 6.07) is 7.15. The van der Waals surface area contributed by atoms with Gasteiger partial charge in [0, 0.05) is 20.0 Å². The molecule has 0 aliphatic carbocycles. The van der Waals surface area contributed by atoms with Gasteiger partial charge in [0.2, 0.25) is 15.9 Å². The molecule has 23 heavy (non-hydrogen) atoms. The van der Waals surface area contributed by atoms with E-state index in [1.807, 2.05) is 0 Å². The second kappa shape index (κ2) is 9.36. The number of carbonyl (C=O) groups excluding carboxylic acids is 1. The molecule has 0 unspecified atom stereocenters. The van der Waals surface area contributed by atoms with Gasteiger partial charge in [-0.25, -0.2) is 13.1 Å². The standard InChI is InChI=1S/C15H24N2O5S/c1-4-23(19,20)16-9-10-17(13(2)18)11-12-22-15-7-5-14(21-3)6-8-15/h5-8,16H,4,9-12H2,1-3H3.